The van der Waals surface area contributed by atoms with E-state index < -0.39 is 11.7 Å². The van der Waals surface area contributed by atoms with E-state index in [1.54, 1.807) is 0 Å². The third-order valence-corrected chi connectivity index (χ3v) is 11.0. The first kappa shape index (κ1) is 23.1. The van der Waals surface area contributed by atoms with Gasteiger partial charge in [0.25, 0.3) is 0 Å². The van der Waals surface area contributed by atoms with E-state index in [9.17, 15) is 15.3 Å². The molecular weight excluding hydrogens is 372 g/mol. The second kappa shape index (κ2) is 8.03. The SMILES string of the molecule is CC(C)CC[C@H](O)[C@](C)(O)[C@H]1CC[C@H]2[C@@H]3CC[C@H]4C[C@@H](O)CC[C@]4(C)[C@H]3CC[C@]12C. The van der Waals surface area contributed by atoms with E-state index in [0.29, 0.717) is 29.6 Å². The van der Waals surface area contributed by atoms with Gasteiger partial charge in [-0.05, 0) is 124 Å². The van der Waals surface area contributed by atoms with E-state index in [1.165, 1.54) is 38.5 Å². The Labute approximate surface area is 185 Å². The van der Waals surface area contributed by atoms with Crippen LogP contribution in [0.3, 0.4) is 0 Å². The lowest BCUT2D eigenvalue weighted by molar-refractivity contribution is -0.167. The second-order valence-corrected chi connectivity index (χ2v) is 13.0. The molecule has 4 saturated carbocycles. The minimum atomic E-state index is -0.985. The maximum absolute atomic E-state index is 11.6. The molecule has 3 N–H and O–H groups in total. The van der Waals surface area contributed by atoms with Crippen molar-refractivity contribution < 1.29 is 15.3 Å². The van der Waals surface area contributed by atoms with Crippen molar-refractivity contribution in [3.05, 3.63) is 0 Å². The van der Waals surface area contributed by atoms with Gasteiger partial charge < -0.3 is 15.3 Å². The molecule has 4 rings (SSSR count). The Hall–Kier alpha value is -0.120. The van der Waals surface area contributed by atoms with Crippen LogP contribution in [0.15, 0.2) is 0 Å². The van der Waals surface area contributed by atoms with Crippen molar-refractivity contribution in [2.24, 2.45) is 46.3 Å². The number of fused-ring (bicyclic) bond motifs is 5. The fourth-order valence-corrected chi connectivity index (χ4v) is 9.21. The molecule has 174 valence electrons. The molecule has 0 bridgehead atoms. The topological polar surface area (TPSA) is 60.7 Å². The van der Waals surface area contributed by atoms with Gasteiger partial charge >= 0.3 is 0 Å². The number of aliphatic hydroxyl groups excluding tert-OH is 2. The average molecular weight is 421 g/mol. The Balaban J connectivity index is 1.53. The number of hydrogen-bond donors (Lipinski definition) is 3. The predicted molar refractivity (Wildman–Crippen MR) is 122 cm³/mol. The van der Waals surface area contributed by atoms with E-state index in [1.807, 2.05) is 6.92 Å². The van der Waals surface area contributed by atoms with Crippen LogP contribution < -0.4 is 0 Å². The summed E-state index contributed by atoms with van der Waals surface area (Å²) in [6, 6.07) is 0. The normalized spacial score (nSPS) is 49.1. The molecular formula is C27H48O3. The first-order chi connectivity index (χ1) is 14.0. The van der Waals surface area contributed by atoms with E-state index in [2.05, 4.69) is 27.7 Å². The van der Waals surface area contributed by atoms with E-state index in [0.717, 1.165) is 37.5 Å². The summed E-state index contributed by atoms with van der Waals surface area (Å²) in [5, 5.41) is 32.8. The molecule has 0 aromatic rings. The molecule has 3 heteroatoms. The van der Waals surface area contributed by atoms with Gasteiger partial charge in [0.1, 0.15) is 0 Å². The van der Waals surface area contributed by atoms with Gasteiger partial charge in [0.15, 0.2) is 0 Å². The maximum Gasteiger partial charge on any atom is 0.0910 e. The van der Waals surface area contributed by atoms with Crippen LogP contribution in [0.5, 0.6) is 0 Å². The minimum Gasteiger partial charge on any atom is -0.393 e. The Kier molecular flexibility index (Phi) is 6.17. The van der Waals surface area contributed by atoms with Gasteiger partial charge in [-0.25, -0.2) is 0 Å². The van der Waals surface area contributed by atoms with Gasteiger partial charge in [-0.2, -0.15) is 0 Å². The van der Waals surface area contributed by atoms with Crippen molar-refractivity contribution in [3.63, 3.8) is 0 Å². The standard InChI is InChI=1S/C27H48O3/c1-17(2)6-11-24(29)27(5,30)23-10-9-21-20-8-7-18-16-19(28)12-14-25(18,3)22(20)13-15-26(21,23)4/h17-24,28-30H,6-16H2,1-5H3/t18-,19-,20-,21-,22-,23-,24-,25-,26-,27+/m0/s1. The van der Waals surface area contributed by atoms with Gasteiger partial charge in [0.2, 0.25) is 0 Å². The molecule has 0 aromatic carbocycles. The summed E-state index contributed by atoms with van der Waals surface area (Å²) < 4.78 is 0. The third kappa shape index (κ3) is 3.59. The summed E-state index contributed by atoms with van der Waals surface area (Å²) in [6.07, 6.45) is 11.5. The Bertz CT molecular complexity index is 615. The third-order valence-electron chi connectivity index (χ3n) is 11.0. The lowest BCUT2D eigenvalue weighted by Gasteiger charge is -2.61. The molecule has 0 aromatic heterocycles. The first-order valence-corrected chi connectivity index (χ1v) is 13.1. The Morgan fingerprint density at radius 3 is 2.27 bits per heavy atom. The van der Waals surface area contributed by atoms with Crippen molar-refractivity contribution in [3.8, 4) is 0 Å². The van der Waals surface area contributed by atoms with E-state index in [4.69, 9.17) is 0 Å². The Morgan fingerprint density at radius 1 is 0.900 bits per heavy atom. The summed E-state index contributed by atoms with van der Waals surface area (Å²) >= 11 is 0. The molecule has 30 heavy (non-hydrogen) atoms. The first-order valence-electron chi connectivity index (χ1n) is 13.1. The summed E-state index contributed by atoms with van der Waals surface area (Å²) in [5.41, 5.74) is -0.428. The molecule has 0 aliphatic heterocycles. The van der Waals surface area contributed by atoms with Crippen LogP contribution >= 0.6 is 0 Å². The highest BCUT2D eigenvalue weighted by Crippen LogP contribution is 2.68. The van der Waals surface area contributed by atoms with Crippen LogP contribution in [0, 0.1) is 46.3 Å². The molecule has 10 atom stereocenters. The molecule has 0 spiro atoms. The zero-order valence-corrected chi connectivity index (χ0v) is 20.2. The molecule has 0 amide bonds. The van der Waals surface area contributed by atoms with Crippen molar-refractivity contribution in [1.82, 2.24) is 0 Å². The fraction of sp³-hybridized carbons (Fsp3) is 1.00. The predicted octanol–water partition coefficient (Wildman–Crippen LogP) is 5.55. The van der Waals surface area contributed by atoms with Gasteiger partial charge in [-0.3, -0.25) is 0 Å². The zero-order valence-electron chi connectivity index (χ0n) is 20.2. The number of rotatable bonds is 5. The lowest BCUT2D eigenvalue weighted by Crippen LogP contribution is -2.57. The van der Waals surface area contributed by atoms with Gasteiger partial charge in [0, 0.05) is 0 Å². The molecule has 0 unspecified atom stereocenters. The van der Waals surface area contributed by atoms with Crippen LogP contribution in [0.1, 0.15) is 105 Å². The highest BCUT2D eigenvalue weighted by atomic mass is 16.3. The van der Waals surface area contributed by atoms with Crippen LogP contribution in [0.25, 0.3) is 0 Å². The zero-order chi connectivity index (χ0) is 21.9. The second-order valence-electron chi connectivity index (χ2n) is 13.0. The average Bonchev–Trinajstić information content (AvgIpc) is 3.04. The number of hydrogen-bond acceptors (Lipinski definition) is 3. The summed E-state index contributed by atoms with van der Waals surface area (Å²) in [4.78, 5) is 0. The molecule has 0 heterocycles. The minimum absolute atomic E-state index is 0.0771. The van der Waals surface area contributed by atoms with Gasteiger partial charge in [-0.15, -0.1) is 0 Å². The summed E-state index contributed by atoms with van der Waals surface area (Å²) in [7, 11) is 0. The lowest BCUT2D eigenvalue weighted by atomic mass is 9.44. The largest absolute Gasteiger partial charge is 0.393 e. The fourth-order valence-electron chi connectivity index (χ4n) is 9.21. The van der Waals surface area contributed by atoms with Gasteiger partial charge in [0.05, 0.1) is 17.8 Å². The molecule has 4 fully saturated rings. The van der Waals surface area contributed by atoms with Crippen LogP contribution in [0.2, 0.25) is 0 Å². The van der Waals surface area contributed by atoms with Crippen molar-refractivity contribution in [2.45, 2.75) is 123 Å². The molecule has 0 radical (unpaired) electrons. The highest BCUT2D eigenvalue weighted by Gasteiger charge is 2.63. The van der Waals surface area contributed by atoms with Crippen molar-refractivity contribution >= 4 is 0 Å². The monoisotopic (exact) mass is 420 g/mol. The van der Waals surface area contributed by atoms with Crippen LogP contribution in [0.4, 0.5) is 0 Å². The maximum atomic E-state index is 11.6. The highest BCUT2D eigenvalue weighted by molar-refractivity contribution is 5.12. The quantitative estimate of drug-likeness (QED) is 0.546. The van der Waals surface area contributed by atoms with E-state index >= 15 is 0 Å². The Morgan fingerprint density at radius 2 is 1.57 bits per heavy atom. The molecule has 4 aliphatic carbocycles. The molecule has 3 nitrogen and oxygen atoms in total. The van der Waals surface area contributed by atoms with Crippen molar-refractivity contribution in [1.29, 1.82) is 0 Å². The summed E-state index contributed by atoms with van der Waals surface area (Å²) in [5.74, 6) is 3.71. The molecule has 0 saturated heterocycles. The van der Waals surface area contributed by atoms with Gasteiger partial charge in [-0.1, -0.05) is 27.7 Å². The van der Waals surface area contributed by atoms with Crippen LogP contribution in [-0.4, -0.2) is 33.1 Å². The van der Waals surface area contributed by atoms with E-state index in [-0.39, 0.29) is 17.4 Å². The molecule has 4 aliphatic rings. The number of aliphatic hydroxyl groups is 3. The smallest absolute Gasteiger partial charge is 0.0910 e. The van der Waals surface area contributed by atoms with Crippen molar-refractivity contribution in [2.75, 3.05) is 0 Å². The van der Waals surface area contributed by atoms with Crippen LogP contribution in [-0.2, 0) is 0 Å². The summed E-state index contributed by atoms with van der Waals surface area (Å²) in [6.45, 7) is 11.3.